The third-order valence-corrected chi connectivity index (χ3v) is 4.14. The van der Waals surface area contributed by atoms with Gasteiger partial charge in [0.15, 0.2) is 19.0 Å². The number of carbonyl (C=O) groups is 2. The lowest BCUT2D eigenvalue weighted by Gasteiger charge is -2.11. The molecular formula is C16H16ClIN2O4. The van der Waals surface area contributed by atoms with Gasteiger partial charge in [-0.15, -0.1) is 0 Å². The smallest absolute Gasteiger partial charge is 0.344 e. The van der Waals surface area contributed by atoms with Crippen molar-refractivity contribution in [2.75, 3.05) is 19.8 Å². The Labute approximate surface area is 158 Å². The van der Waals surface area contributed by atoms with Crippen molar-refractivity contribution in [3.05, 3.63) is 33.0 Å². The minimum atomic E-state index is -0.628. The predicted molar refractivity (Wildman–Crippen MR) is 99.2 cm³/mol. The maximum atomic E-state index is 11.7. The van der Waals surface area contributed by atoms with Gasteiger partial charge in [0.05, 0.1) is 8.59 Å². The molecule has 1 amide bonds. The topological polar surface area (TPSA) is 77.5 Å². The Bertz CT molecular complexity index is 754. The van der Waals surface area contributed by atoms with Crippen LogP contribution in [-0.2, 0) is 14.3 Å². The number of halogens is 2. The summed E-state index contributed by atoms with van der Waals surface area (Å²) in [6.45, 7) is 1.85. The fourth-order valence-corrected chi connectivity index (χ4v) is 3.09. The van der Waals surface area contributed by atoms with E-state index in [0.717, 1.165) is 15.4 Å². The molecule has 1 aromatic carbocycles. The molecule has 2 aromatic rings. The van der Waals surface area contributed by atoms with Crippen molar-refractivity contribution in [2.45, 2.75) is 13.3 Å². The third kappa shape index (κ3) is 4.94. The van der Waals surface area contributed by atoms with Crippen LogP contribution in [0.2, 0.25) is 5.02 Å². The SMILES string of the molecule is CCCNC(=O)COC(=O)COc1c(I)cc(Cl)c2cccnc12. The summed E-state index contributed by atoms with van der Waals surface area (Å²) in [5.74, 6) is -0.502. The zero-order valence-electron chi connectivity index (χ0n) is 13.0. The number of hydrogen-bond acceptors (Lipinski definition) is 5. The van der Waals surface area contributed by atoms with E-state index < -0.39 is 5.97 Å². The zero-order chi connectivity index (χ0) is 17.5. The van der Waals surface area contributed by atoms with Gasteiger partial charge in [0.25, 0.3) is 5.91 Å². The highest BCUT2D eigenvalue weighted by Gasteiger charge is 2.14. The number of nitrogens with one attached hydrogen (secondary N) is 1. The molecule has 0 spiro atoms. The second-order valence-corrected chi connectivity index (χ2v) is 6.44. The molecule has 0 atom stereocenters. The largest absolute Gasteiger partial charge is 0.478 e. The number of hydrogen-bond donors (Lipinski definition) is 1. The van der Waals surface area contributed by atoms with Gasteiger partial charge in [0.2, 0.25) is 0 Å². The Hall–Kier alpha value is -1.61. The van der Waals surface area contributed by atoms with Gasteiger partial charge >= 0.3 is 5.97 Å². The van der Waals surface area contributed by atoms with Gasteiger partial charge in [-0.3, -0.25) is 9.78 Å². The summed E-state index contributed by atoms with van der Waals surface area (Å²) < 4.78 is 11.2. The number of fused-ring (bicyclic) bond motifs is 1. The minimum Gasteiger partial charge on any atom is -0.478 e. The number of ether oxygens (including phenoxy) is 2. The maximum absolute atomic E-state index is 11.7. The van der Waals surface area contributed by atoms with Crippen LogP contribution in [-0.4, -0.2) is 36.6 Å². The third-order valence-electron chi connectivity index (χ3n) is 3.02. The van der Waals surface area contributed by atoms with Crippen molar-refractivity contribution in [1.29, 1.82) is 0 Å². The van der Waals surface area contributed by atoms with Crippen LogP contribution in [0, 0.1) is 3.57 Å². The molecule has 0 fully saturated rings. The lowest BCUT2D eigenvalue weighted by Crippen LogP contribution is -2.30. The van der Waals surface area contributed by atoms with E-state index >= 15 is 0 Å². The van der Waals surface area contributed by atoms with Crippen molar-refractivity contribution in [3.8, 4) is 5.75 Å². The molecule has 0 aliphatic heterocycles. The van der Waals surface area contributed by atoms with Gasteiger partial charge < -0.3 is 14.8 Å². The fourth-order valence-electron chi connectivity index (χ4n) is 1.92. The molecule has 0 aliphatic rings. The van der Waals surface area contributed by atoms with Crippen molar-refractivity contribution < 1.29 is 19.1 Å². The van der Waals surface area contributed by atoms with E-state index in [1.54, 1.807) is 18.3 Å². The highest BCUT2D eigenvalue weighted by Crippen LogP contribution is 2.34. The van der Waals surface area contributed by atoms with Crippen LogP contribution in [0.4, 0.5) is 0 Å². The number of aromatic nitrogens is 1. The summed E-state index contributed by atoms with van der Waals surface area (Å²) >= 11 is 8.25. The van der Waals surface area contributed by atoms with Crippen molar-refractivity contribution in [3.63, 3.8) is 0 Å². The standard InChI is InChI=1S/C16H16ClIN2O4/c1-2-5-19-13(21)8-23-14(22)9-24-16-12(18)7-11(17)10-4-3-6-20-15(10)16/h3-4,6-7H,2,5,8-9H2,1H3,(H,19,21). The van der Waals surface area contributed by atoms with E-state index in [9.17, 15) is 9.59 Å². The summed E-state index contributed by atoms with van der Waals surface area (Å²) in [6.07, 6.45) is 2.44. The predicted octanol–water partition coefficient (Wildman–Crippen LogP) is 2.94. The number of carbonyl (C=O) groups excluding carboxylic acids is 2. The number of benzene rings is 1. The fraction of sp³-hybridized carbons (Fsp3) is 0.312. The molecule has 1 aromatic heterocycles. The van der Waals surface area contributed by atoms with Gasteiger partial charge in [-0.25, -0.2) is 4.79 Å². The van der Waals surface area contributed by atoms with Crippen LogP contribution in [0.15, 0.2) is 24.4 Å². The first kappa shape index (κ1) is 18.7. The zero-order valence-corrected chi connectivity index (χ0v) is 15.9. The van der Waals surface area contributed by atoms with Crippen molar-refractivity contribution >= 4 is 57.0 Å². The quantitative estimate of drug-likeness (QED) is 0.506. The van der Waals surface area contributed by atoms with Crippen LogP contribution in [0.25, 0.3) is 10.9 Å². The number of nitrogens with zero attached hydrogens (tertiary/aromatic N) is 1. The molecule has 128 valence electrons. The minimum absolute atomic E-state index is 0.315. The molecular weight excluding hydrogens is 447 g/mol. The Kier molecular flexibility index (Phi) is 7.04. The first-order valence-electron chi connectivity index (χ1n) is 7.30. The molecule has 8 heteroatoms. The van der Waals surface area contributed by atoms with E-state index in [-0.39, 0.29) is 19.1 Å². The summed E-state index contributed by atoms with van der Waals surface area (Å²) in [5.41, 5.74) is 0.572. The van der Waals surface area contributed by atoms with Crippen molar-refractivity contribution in [2.24, 2.45) is 0 Å². The lowest BCUT2D eigenvalue weighted by atomic mass is 10.2. The monoisotopic (exact) mass is 462 g/mol. The first-order valence-corrected chi connectivity index (χ1v) is 8.76. The van der Waals surface area contributed by atoms with Crippen LogP contribution in [0.5, 0.6) is 5.75 Å². The van der Waals surface area contributed by atoms with Gasteiger partial charge in [-0.2, -0.15) is 0 Å². The molecule has 1 heterocycles. The van der Waals surface area contributed by atoms with E-state index in [4.69, 9.17) is 21.1 Å². The summed E-state index contributed by atoms with van der Waals surface area (Å²) in [4.78, 5) is 27.4. The summed E-state index contributed by atoms with van der Waals surface area (Å²) in [6, 6.07) is 5.34. The highest BCUT2D eigenvalue weighted by molar-refractivity contribution is 14.1. The van der Waals surface area contributed by atoms with Crippen LogP contribution in [0.3, 0.4) is 0 Å². The van der Waals surface area contributed by atoms with Gasteiger partial charge in [-0.05, 0) is 47.2 Å². The van der Waals surface area contributed by atoms with Crippen LogP contribution in [0.1, 0.15) is 13.3 Å². The average molecular weight is 463 g/mol. The van der Waals surface area contributed by atoms with E-state index in [1.807, 2.05) is 13.0 Å². The van der Waals surface area contributed by atoms with Gasteiger partial charge in [-0.1, -0.05) is 18.5 Å². The molecule has 24 heavy (non-hydrogen) atoms. The molecule has 0 unspecified atom stereocenters. The molecule has 0 aliphatic carbocycles. The molecule has 1 N–H and O–H groups in total. The summed E-state index contributed by atoms with van der Waals surface area (Å²) in [5, 5.41) is 3.92. The molecule has 0 bridgehead atoms. The van der Waals surface area contributed by atoms with Crippen molar-refractivity contribution in [1.82, 2.24) is 10.3 Å². The molecule has 2 rings (SSSR count). The normalized spacial score (nSPS) is 10.5. The Morgan fingerprint density at radius 3 is 2.92 bits per heavy atom. The molecule has 0 saturated heterocycles. The van der Waals surface area contributed by atoms with E-state index in [1.165, 1.54) is 0 Å². The first-order chi connectivity index (χ1) is 11.5. The lowest BCUT2D eigenvalue weighted by molar-refractivity contribution is -0.150. The second-order valence-electron chi connectivity index (χ2n) is 4.87. The number of esters is 1. The van der Waals surface area contributed by atoms with Crippen LogP contribution < -0.4 is 10.1 Å². The Morgan fingerprint density at radius 2 is 2.17 bits per heavy atom. The number of pyridine rings is 1. The second kappa shape index (κ2) is 9.03. The van der Waals surface area contributed by atoms with E-state index in [0.29, 0.717) is 22.8 Å². The number of rotatable bonds is 7. The van der Waals surface area contributed by atoms with Gasteiger partial charge in [0.1, 0.15) is 5.52 Å². The summed E-state index contributed by atoms with van der Waals surface area (Å²) in [7, 11) is 0. The average Bonchev–Trinajstić information content (AvgIpc) is 2.58. The highest BCUT2D eigenvalue weighted by atomic mass is 127. The molecule has 6 nitrogen and oxygen atoms in total. The Morgan fingerprint density at radius 1 is 1.38 bits per heavy atom. The van der Waals surface area contributed by atoms with E-state index in [2.05, 4.69) is 32.9 Å². The molecule has 0 saturated carbocycles. The van der Waals surface area contributed by atoms with Crippen LogP contribution >= 0.6 is 34.2 Å². The molecule has 0 radical (unpaired) electrons. The van der Waals surface area contributed by atoms with Gasteiger partial charge in [0, 0.05) is 18.1 Å². The maximum Gasteiger partial charge on any atom is 0.344 e. The number of amides is 1. The Balaban J connectivity index is 1.98.